The van der Waals surface area contributed by atoms with Gasteiger partial charge >= 0.3 is 0 Å². The molecule has 0 amide bonds. The van der Waals surface area contributed by atoms with E-state index in [1.807, 2.05) is 12.1 Å². The number of hydrogen-bond acceptors (Lipinski definition) is 2. The predicted molar refractivity (Wildman–Crippen MR) is 72.2 cm³/mol. The smallest absolute Gasteiger partial charge is 0.105 e. The summed E-state index contributed by atoms with van der Waals surface area (Å²) in [6.07, 6.45) is 4.66. The number of halogens is 1. The van der Waals surface area contributed by atoms with Gasteiger partial charge in [0.15, 0.2) is 0 Å². The molecular formula is C15H18ClNO. The largest absolute Gasteiger partial charge is 0.384 e. The molecule has 2 rings (SSSR count). The number of benzene rings is 1. The normalized spacial score (nSPS) is 21.9. The van der Waals surface area contributed by atoms with E-state index in [1.165, 1.54) is 0 Å². The molecule has 96 valence electrons. The van der Waals surface area contributed by atoms with Crippen molar-refractivity contribution in [2.45, 2.75) is 44.6 Å². The highest BCUT2D eigenvalue weighted by atomic mass is 35.5. The highest BCUT2D eigenvalue weighted by Gasteiger charge is 2.49. The summed E-state index contributed by atoms with van der Waals surface area (Å²) in [4.78, 5) is 0. The van der Waals surface area contributed by atoms with E-state index in [1.54, 1.807) is 19.1 Å². The molecule has 18 heavy (non-hydrogen) atoms. The van der Waals surface area contributed by atoms with Crippen LogP contribution in [0.1, 0.15) is 44.6 Å². The molecule has 3 heteroatoms. The Hall–Kier alpha value is -1.04. The molecule has 1 aliphatic rings. The van der Waals surface area contributed by atoms with Gasteiger partial charge in [-0.05, 0) is 37.5 Å². The fraction of sp³-hybridized carbons (Fsp3) is 0.533. The summed E-state index contributed by atoms with van der Waals surface area (Å²) >= 11 is 5.98. The summed E-state index contributed by atoms with van der Waals surface area (Å²) in [5.41, 5.74) is -1.10. The Bertz CT molecular complexity index is 470. The van der Waals surface area contributed by atoms with Crippen LogP contribution in [0.3, 0.4) is 0 Å². The highest BCUT2D eigenvalue weighted by molar-refractivity contribution is 6.30. The second-order valence-corrected chi connectivity index (χ2v) is 5.77. The zero-order valence-corrected chi connectivity index (χ0v) is 11.4. The van der Waals surface area contributed by atoms with Gasteiger partial charge in [-0.3, -0.25) is 0 Å². The zero-order chi connectivity index (χ0) is 13.2. The average molecular weight is 264 g/mol. The van der Waals surface area contributed by atoms with Gasteiger partial charge in [-0.15, -0.1) is 0 Å². The molecule has 0 spiro atoms. The Labute approximate surface area is 113 Å². The number of hydrogen-bond donors (Lipinski definition) is 1. The summed E-state index contributed by atoms with van der Waals surface area (Å²) in [7, 11) is 0. The Morgan fingerprint density at radius 3 is 2.56 bits per heavy atom. The maximum absolute atomic E-state index is 10.9. The standard InChI is InChI=1S/C15H18ClNO/c1-14(18,12-6-5-7-13(16)10-12)15(11-17)8-3-2-4-9-15/h5-7,10,18H,2-4,8-9H2,1H3. The molecule has 0 radical (unpaired) electrons. The molecule has 1 aromatic rings. The van der Waals surface area contributed by atoms with Crippen LogP contribution in [0.25, 0.3) is 0 Å². The third kappa shape index (κ3) is 2.13. The minimum Gasteiger partial charge on any atom is -0.384 e. The SMILES string of the molecule is CC(O)(c1cccc(Cl)c1)C1(C#N)CCCCC1. The monoisotopic (exact) mass is 263 g/mol. The lowest BCUT2D eigenvalue weighted by molar-refractivity contribution is -0.0634. The molecule has 0 saturated heterocycles. The van der Waals surface area contributed by atoms with Crippen molar-refractivity contribution in [3.8, 4) is 6.07 Å². The number of nitriles is 1. The molecule has 0 aliphatic heterocycles. The lowest BCUT2D eigenvalue weighted by Crippen LogP contribution is -2.44. The first-order valence-electron chi connectivity index (χ1n) is 6.41. The van der Waals surface area contributed by atoms with E-state index >= 15 is 0 Å². The molecule has 0 heterocycles. The van der Waals surface area contributed by atoms with Crippen LogP contribution in [0.5, 0.6) is 0 Å². The minimum absolute atomic E-state index is 0.594. The fourth-order valence-corrected chi connectivity index (χ4v) is 3.12. The molecule has 0 bridgehead atoms. The Morgan fingerprint density at radius 1 is 1.33 bits per heavy atom. The number of rotatable bonds is 2. The van der Waals surface area contributed by atoms with Crippen molar-refractivity contribution in [2.75, 3.05) is 0 Å². The van der Waals surface area contributed by atoms with Gasteiger partial charge < -0.3 is 5.11 Å². The fourth-order valence-electron chi connectivity index (χ4n) is 2.93. The summed E-state index contributed by atoms with van der Waals surface area (Å²) in [6, 6.07) is 9.59. The van der Waals surface area contributed by atoms with Crippen LogP contribution >= 0.6 is 11.6 Å². The molecule has 1 saturated carbocycles. The van der Waals surface area contributed by atoms with Crippen molar-refractivity contribution >= 4 is 11.6 Å². The number of aliphatic hydroxyl groups is 1. The molecular weight excluding hydrogens is 246 g/mol. The van der Waals surface area contributed by atoms with Crippen LogP contribution < -0.4 is 0 Å². The van der Waals surface area contributed by atoms with Crippen LogP contribution in [0.15, 0.2) is 24.3 Å². The maximum atomic E-state index is 10.9. The van der Waals surface area contributed by atoms with E-state index < -0.39 is 11.0 Å². The Morgan fingerprint density at radius 2 is 2.00 bits per heavy atom. The van der Waals surface area contributed by atoms with Crippen molar-refractivity contribution in [3.63, 3.8) is 0 Å². The van der Waals surface area contributed by atoms with Gasteiger partial charge in [0.1, 0.15) is 5.60 Å². The van der Waals surface area contributed by atoms with Crippen molar-refractivity contribution in [2.24, 2.45) is 5.41 Å². The third-order valence-corrected chi connectivity index (χ3v) is 4.47. The second kappa shape index (κ2) is 4.91. The molecule has 0 aromatic heterocycles. The van der Waals surface area contributed by atoms with Gasteiger partial charge in [0, 0.05) is 5.02 Å². The van der Waals surface area contributed by atoms with E-state index in [9.17, 15) is 10.4 Å². The van der Waals surface area contributed by atoms with Gasteiger partial charge in [-0.2, -0.15) is 5.26 Å². The minimum atomic E-state index is -1.15. The van der Waals surface area contributed by atoms with E-state index in [-0.39, 0.29) is 0 Å². The van der Waals surface area contributed by atoms with Crippen molar-refractivity contribution in [1.82, 2.24) is 0 Å². The van der Waals surface area contributed by atoms with Crippen LogP contribution in [-0.2, 0) is 5.60 Å². The van der Waals surface area contributed by atoms with Gasteiger partial charge in [-0.25, -0.2) is 0 Å². The molecule has 1 aromatic carbocycles. The quantitative estimate of drug-likeness (QED) is 0.876. The summed E-state index contributed by atoms with van der Waals surface area (Å²) < 4.78 is 0. The topological polar surface area (TPSA) is 44.0 Å². The molecule has 1 unspecified atom stereocenters. The van der Waals surface area contributed by atoms with Gasteiger partial charge in [0.2, 0.25) is 0 Å². The van der Waals surface area contributed by atoms with Crippen molar-refractivity contribution in [1.29, 1.82) is 5.26 Å². The van der Waals surface area contributed by atoms with Gasteiger partial charge in [-0.1, -0.05) is 43.0 Å². The summed E-state index contributed by atoms with van der Waals surface area (Å²) in [5.74, 6) is 0. The third-order valence-electron chi connectivity index (χ3n) is 4.24. The lowest BCUT2D eigenvalue weighted by Gasteiger charge is -2.43. The van der Waals surface area contributed by atoms with Crippen LogP contribution in [0, 0.1) is 16.7 Å². The average Bonchev–Trinajstić information content (AvgIpc) is 2.39. The van der Waals surface area contributed by atoms with E-state index in [0.717, 1.165) is 37.7 Å². The maximum Gasteiger partial charge on any atom is 0.105 e. The van der Waals surface area contributed by atoms with E-state index in [2.05, 4.69) is 6.07 Å². The molecule has 2 nitrogen and oxygen atoms in total. The molecule has 1 N–H and O–H groups in total. The first-order chi connectivity index (χ1) is 8.52. The lowest BCUT2D eigenvalue weighted by atomic mass is 9.62. The number of nitrogens with zero attached hydrogens (tertiary/aromatic N) is 1. The molecule has 1 atom stereocenters. The summed E-state index contributed by atoms with van der Waals surface area (Å²) in [6.45, 7) is 1.74. The Kier molecular flexibility index (Phi) is 3.66. The molecule has 1 aliphatic carbocycles. The highest BCUT2D eigenvalue weighted by Crippen LogP contribution is 2.49. The van der Waals surface area contributed by atoms with Crippen molar-refractivity contribution < 1.29 is 5.11 Å². The zero-order valence-electron chi connectivity index (χ0n) is 10.6. The second-order valence-electron chi connectivity index (χ2n) is 5.34. The van der Waals surface area contributed by atoms with Crippen LogP contribution in [-0.4, -0.2) is 5.11 Å². The first-order valence-corrected chi connectivity index (χ1v) is 6.79. The first kappa shape index (κ1) is 13.4. The van der Waals surface area contributed by atoms with Gasteiger partial charge in [0.25, 0.3) is 0 Å². The summed E-state index contributed by atoms with van der Waals surface area (Å²) in [5, 5.41) is 21.1. The van der Waals surface area contributed by atoms with E-state index in [4.69, 9.17) is 11.6 Å². The van der Waals surface area contributed by atoms with E-state index in [0.29, 0.717) is 5.02 Å². The van der Waals surface area contributed by atoms with Crippen molar-refractivity contribution in [3.05, 3.63) is 34.9 Å². The molecule has 1 fully saturated rings. The van der Waals surface area contributed by atoms with Crippen LogP contribution in [0.4, 0.5) is 0 Å². The predicted octanol–water partition coefficient (Wildman–Crippen LogP) is 4.02. The van der Waals surface area contributed by atoms with Gasteiger partial charge in [0.05, 0.1) is 11.5 Å². The Balaban J connectivity index is 2.43. The van der Waals surface area contributed by atoms with Crippen LogP contribution in [0.2, 0.25) is 5.02 Å².